The lowest BCUT2D eigenvalue weighted by atomic mass is 9.95. The number of esters is 1. The van der Waals surface area contributed by atoms with E-state index in [2.05, 4.69) is 22.8 Å². The molecule has 1 aliphatic rings. The van der Waals surface area contributed by atoms with Gasteiger partial charge < -0.3 is 15.0 Å². The lowest BCUT2D eigenvalue weighted by Crippen LogP contribution is -2.26. The van der Waals surface area contributed by atoms with Gasteiger partial charge in [-0.15, -0.1) is 0 Å². The third-order valence-electron chi connectivity index (χ3n) is 4.79. The van der Waals surface area contributed by atoms with Crippen molar-refractivity contribution < 1.29 is 9.53 Å². The zero-order chi connectivity index (χ0) is 19.9. The van der Waals surface area contributed by atoms with Gasteiger partial charge in [-0.25, -0.2) is 4.79 Å². The first-order valence-corrected chi connectivity index (χ1v) is 9.43. The standard InChI is InChI=1S/C24H24N2O2/c1-24(2,3)28-23(27)21-18(16-9-5-4-6-10-16)13-14-26-19-12-8-7-11-17(19)15-20(26)22(21)25/h4-13,15H,14,25H2,1-3H3. The number of benzene rings is 2. The van der Waals surface area contributed by atoms with Crippen LogP contribution in [0.3, 0.4) is 0 Å². The molecular weight excluding hydrogens is 348 g/mol. The van der Waals surface area contributed by atoms with Crippen molar-refractivity contribution in [2.24, 2.45) is 5.73 Å². The Hall–Kier alpha value is -3.27. The second kappa shape index (κ2) is 6.71. The molecule has 0 saturated heterocycles. The van der Waals surface area contributed by atoms with Crippen molar-refractivity contribution in [1.82, 2.24) is 4.57 Å². The van der Waals surface area contributed by atoms with E-state index in [0.29, 0.717) is 17.8 Å². The molecule has 0 bridgehead atoms. The zero-order valence-corrected chi connectivity index (χ0v) is 16.4. The fourth-order valence-electron chi connectivity index (χ4n) is 3.62. The molecule has 4 rings (SSSR count). The normalized spacial score (nSPS) is 14.5. The minimum Gasteiger partial charge on any atom is -0.456 e. The van der Waals surface area contributed by atoms with E-state index < -0.39 is 11.6 Å². The van der Waals surface area contributed by atoms with Crippen LogP contribution in [0.4, 0.5) is 0 Å². The van der Waals surface area contributed by atoms with E-state index in [4.69, 9.17) is 10.5 Å². The lowest BCUT2D eigenvalue weighted by Gasteiger charge is -2.22. The number of hydrogen-bond donors (Lipinski definition) is 1. The lowest BCUT2D eigenvalue weighted by molar-refractivity contribution is -0.149. The van der Waals surface area contributed by atoms with Crippen molar-refractivity contribution in [3.05, 3.63) is 83.6 Å². The summed E-state index contributed by atoms with van der Waals surface area (Å²) in [6.45, 7) is 6.21. The van der Waals surface area contributed by atoms with Crippen LogP contribution < -0.4 is 5.73 Å². The van der Waals surface area contributed by atoms with Gasteiger partial charge in [0.25, 0.3) is 0 Å². The summed E-state index contributed by atoms with van der Waals surface area (Å²) in [5, 5.41) is 1.10. The molecule has 3 aromatic rings. The van der Waals surface area contributed by atoms with Crippen LogP contribution in [-0.2, 0) is 16.1 Å². The van der Waals surface area contributed by atoms with Gasteiger partial charge in [-0.3, -0.25) is 0 Å². The van der Waals surface area contributed by atoms with Crippen LogP contribution in [0.15, 0.2) is 72.3 Å². The summed E-state index contributed by atoms with van der Waals surface area (Å²) in [6, 6.07) is 20.0. The number of hydrogen-bond acceptors (Lipinski definition) is 3. The largest absolute Gasteiger partial charge is 0.456 e. The Morgan fingerprint density at radius 3 is 2.43 bits per heavy atom. The molecule has 2 heterocycles. The molecule has 0 aliphatic carbocycles. The third kappa shape index (κ3) is 3.22. The van der Waals surface area contributed by atoms with Crippen LogP contribution in [0.5, 0.6) is 0 Å². The van der Waals surface area contributed by atoms with Crippen LogP contribution in [0.2, 0.25) is 0 Å². The number of nitrogens with zero attached hydrogens (tertiary/aromatic N) is 1. The quantitative estimate of drug-likeness (QED) is 0.661. The maximum atomic E-state index is 13.2. The molecule has 1 aromatic heterocycles. The average Bonchev–Trinajstić information content (AvgIpc) is 2.95. The fourth-order valence-corrected chi connectivity index (χ4v) is 3.62. The number of nitrogens with two attached hydrogens (primary N) is 1. The molecule has 2 N–H and O–H groups in total. The number of carbonyl (C=O) groups excluding carboxylic acids is 1. The van der Waals surface area contributed by atoms with Crippen molar-refractivity contribution >= 4 is 28.1 Å². The number of para-hydroxylation sites is 1. The Bertz CT molecular complexity index is 1110. The van der Waals surface area contributed by atoms with Gasteiger partial charge in [0.1, 0.15) is 5.60 Å². The van der Waals surface area contributed by atoms with Gasteiger partial charge >= 0.3 is 5.97 Å². The maximum Gasteiger partial charge on any atom is 0.341 e. The number of carbonyl (C=O) groups is 1. The summed E-state index contributed by atoms with van der Waals surface area (Å²) in [4.78, 5) is 13.2. The van der Waals surface area contributed by atoms with Gasteiger partial charge in [0.05, 0.1) is 17.0 Å². The zero-order valence-electron chi connectivity index (χ0n) is 16.4. The summed E-state index contributed by atoms with van der Waals surface area (Å²) < 4.78 is 7.86. The van der Waals surface area contributed by atoms with Crippen LogP contribution in [0.25, 0.3) is 22.2 Å². The average molecular weight is 372 g/mol. The van der Waals surface area contributed by atoms with Crippen molar-refractivity contribution in [2.75, 3.05) is 0 Å². The number of fused-ring (bicyclic) bond motifs is 3. The van der Waals surface area contributed by atoms with Gasteiger partial charge in [-0.1, -0.05) is 54.6 Å². The van der Waals surface area contributed by atoms with Crippen LogP contribution in [0, 0.1) is 0 Å². The molecule has 0 spiro atoms. The highest BCUT2D eigenvalue weighted by Gasteiger charge is 2.29. The molecule has 0 fully saturated rings. The molecule has 1 aliphatic heterocycles. The van der Waals surface area contributed by atoms with Crippen LogP contribution in [-0.4, -0.2) is 16.1 Å². The summed E-state index contributed by atoms with van der Waals surface area (Å²) in [6.07, 6.45) is 2.06. The first-order chi connectivity index (χ1) is 13.3. The number of rotatable bonds is 2. The molecular formula is C24H24N2O2. The molecule has 4 heteroatoms. The highest BCUT2D eigenvalue weighted by atomic mass is 16.6. The van der Waals surface area contributed by atoms with E-state index in [1.54, 1.807) is 0 Å². The van der Waals surface area contributed by atoms with E-state index in [1.165, 1.54) is 0 Å². The molecule has 4 nitrogen and oxygen atoms in total. The van der Waals surface area contributed by atoms with E-state index in [-0.39, 0.29) is 0 Å². The van der Waals surface area contributed by atoms with E-state index in [1.807, 2.05) is 69.3 Å². The molecule has 0 radical (unpaired) electrons. The Morgan fingerprint density at radius 2 is 1.71 bits per heavy atom. The van der Waals surface area contributed by atoms with E-state index in [0.717, 1.165) is 27.7 Å². The van der Waals surface area contributed by atoms with Gasteiger partial charge in [0.2, 0.25) is 0 Å². The summed E-state index contributed by atoms with van der Waals surface area (Å²) in [7, 11) is 0. The summed E-state index contributed by atoms with van der Waals surface area (Å²) in [5.74, 6) is -0.404. The van der Waals surface area contributed by atoms with E-state index in [9.17, 15) is 4.79 Å². The highest BCUT2D eigenvalue weighted by molar-refractivity contribution is 6.13. The van der Waals surface area contributed by atoms with Crippen LogP contribution >= 0.6 is 0 Å². The first-order valence-electron chi connectivity index (χ1n) is 9.43. The molecule has 0 amide bonds. The molecule has 28 heavy (non-hydrogen) atoms. The summed E-state index contributed by atoms with van der Waals surface area (Å²) in [5.41, 5.74) is 10.6. The first kappa shape index (κ1) is 18.1. The number of ether oxygens (including phenoxy) is 1. The molecule has 0 unspecified atom stereocenters. The van der Waals surface area contributed by atoms with Gasteiger partial charge in [-0.2, -0.15) is 0 Å². The second-order valence-corrected chi connectivity index (χ2v) is 7.97. The predicted octanol–water partition coefficient (Wildman–Crippen LogP) is 4.75. The minimum atomic E-state index is -0.606. The Labute approximate surface area is 164 Å². The number of aromatic nitrogens is 1. The monoisotopic (exact) mass is 372 g/mol. The maximum absolute atomic E-state index is 13.2. The minimum absolute atomic E-state index is 0.404. The second-order valence-electron chi connectivity index (χ2n) is 7.97. The fraction of sp³-hybridized carbons (Fsp3) is 0.208. The van der Waals surface area contributed by atoms with Crippen LogP contribution in [0.1, 0.15) is 32.0 Å². The Balaban J connectivity index is 1.95. The van der Waals surface area contributed by atoms with Gasteiger partial charge in [0, 0.05) is 17.4 Å². The summed E-state index contributed by atoms with van der Waals surface area (Å²) >= 11 is 0. The van der Waals surface area contributed by atoms with E-state index >= 15 is 0 Å². The smallest absolute Gasteiger partial charge is 0.341 e. The van der Waals surface area contributed by atoms with Crippen molar-refractivity contribution in [2.45, 2.75) is 32.9 Å². The topological polar surface area (TPSA) is 57.2 Å². The third-order valence-corrected chi connectivity index (χ3v) is 4.79. The van der Waals surface area contributed by atoms with Crippen molar-refractivity contribution in [3.8, 4) is 0 Å². The Kier molecular flexibility index (Phi) is 4.34. The number of allylic oxidation sites excluding steroid dienone is 1. The van der Waals surface area contributed by atoms with Gasteiger partial charge in [-0.05, 0) is 44.0 Å². The SMILES string of the molecule is CC(C)(C)OC(=O)C1=C(N)c2cc3ccccc3n2CC=C1c1ccccc1. The van der Waals surface area contributed by atoms with Crippen molar-refractivity contribution in [3.63, 3.8) is 0 Å². The molecule has 0 saturated carbocycles. The highest BCUT2D eigenvalue weighted by Crippen LogP contribution is 2.35. The molecule has 0 atom stereocenters. The van der Waals surface area contributed by atoms with Crippen molar-refractivity contribution in [1.29, 1.82) is 0 Å². The molecule has 142 valence electrons. The van der Waals surface area contributed by atoms with Gasteiger partial charge in [0.15, 0.2) is 0 Å². The molecule has 2 aromatic carbocycles. The predicted molar refractivity (Wildman–Crippen MR) is 113 cm³/mol. The Morgan fingerprint density at radius 1 is 1.04 bits per heavy atom.